The van der Waals surface area contributed by atoms with E-state index in [1.165, 1.54) is 6.07 Å². The van der Waals surface area contributed by atoms with Gasteiger partial charge in [0, 0.05) is 18.8 Å². The van der Waals surface area contributed by atoms with Gasteiger partial charge in [0.15, 0.2) is 0 Å². The number of anilines is 3. The first-order valence-electron chi connectivity index (χ1n) is 11.9. The predicted octanol–water partition coefficient (Wildman–Crippen LogP) is 7.05. The van der Waals surface area contributed by atoms with Gasteiger partial charge in [-0.1, -0.05) is 34.6 Å². The fraction of sp³-hybridized carbons (Fsp3) is 0.519. The third-order valence-electron chi connectivity index (χ3n) is 5.40. The Bertz CT molecular complexity index is 887. The van der Waals surface area contributed by atoms with Crippen LogP contribution in [0.1, 0.15) is 65.9 Å². The molecule has 0 aromatic heterocycles. The van der Waals surface area contributed by atoms with Crippen LogP contribution in [-0.2, 0) is 4.79 Å². The van der Waals surface area contributed by atoms with Gasteiger partial charge in [-0.25, -0.2) is 4.39 Å². The van der Waals surface area contributed by atoms with Crippen LogP contribution in [-0.4, -0.2) is 30.8 Å². The van der Waals surface area contributed by atoms with E-state index in [4.69, 9.17) is 4.74 Å². The highest BCUT2D eigenvalue weighted by Crippen LogP contribution is 2.38. The molecular formula is C27H39FN2O3. The van der Waals surface area contributed by atoms with Crippen molar-refractivity contribution in [2.75, 3.05) is 29.9 Å². The molecule has 33 heavy (non-hydrogen) atoms. The summed E-state index contributed by atoms with van der Waals surface area (Å²) in [6.07, 6.45) is 0.592. The second kappa shape index (κ2) is 12.5. The number of carbonyl (C=O) groups is 1. The van der Waals surface area contributed by atoms with Crippen molar-refractivity contribution < 1.29 is 19.0 Å². The molecule has 0 amide bonds. The Kier molecular flexibility index (Phi) is 10.0. The molecule has 1 unspecified atom stereocenters. The molecule has 0 aliphatic carbocycles. The molecule has 0 aliphatic heterocycles. The monoisotopic (exact) mass is 458 g/mol. The van der Waals surface area contributed by atoms with E-state index in [9.17, 15) is 9.90 Å². The summed E-state index contributed by atoms with van der Waals surface area (Å²) in [6, 6.07) is 11.0. The van der Waals surface area contributed by atoms with Crippen LogP contribution in [0.4, 0.5) is 21.5 Å². The number of carboxylic acid groups (broad SMARTS) is 1. The molecule has 0 heterocycles. The number of benzene rings is 2. The molecule has 5 nitrogen and oxygen atoms in total. The van der Waals surface area contributed by atoms with E-state index >= 15 is 4.39 Å². The van der Waals surface area contributed by atoms with E-state index in [0.29, 0.717) is 41.8 Å². The first kappa shape index (κ1) is 26.5. The Morgan fingerprint density at radius 1 is 1.06 bits per heavy atom. The summed E-state index contributed by atoms with van der Waals surface area (Å²) in [4.78, 5) is 13.5. The first-order chi connectivity index (χ1) is 15.6. The maximum Gasteiger partial charge on any atom is 0.303 e. The fourth-order valence-corrected chi connectivity index (χ4v) is 4.08. The zero-order valence-corrected chi connectivity index (χ0v) is 20.8. The second-order valence-corrected chi connectivity index (χ2v) is 9.38. The third-order valence-corrected chi connectivity index (χ3v) is 5.40. The number of carboxylic acids is 1. The van der Waals surface area contributed by atoms with E-state index in [1.54, 1.807) is 0 Å². The van der Waals surface area contributed by atoms with Gasteiger partial charge in [0.1, 0.15) is 11.6 Å². The number of rotatable bonds is 13. The Morgan fingerprint density at radius 3 is 2.15 bits per heavy atom. The summed E-state index contributed by atoms with van der Waals surface area (Å²) in [5, 5.41) is 12.7. The lowest BCUT2D eigenvalue weighted by Crippen LogP contribution is -2.32. The van der Waals surface area contributed by atoms with Gasteiger partial charge in [-0.05, 0) is 73.1 Å². The van der Waals surface area contributed by atoms with Crippen LogP contribution in [0.15, 0.2) is 36.4 Å². The highest BCUT2D eigenvalue weighted by molar-refractivity contribution is 5.77. The van der Waals surface area contributed by atoms with Crippen LogP contribution in [0.5, 0.6) is 5.75 Å². The highest BCUT2D eigenvalue weighted by Gasteiger charge is 2.23. The fourth-order valence-electron chi connectivity index (χ4n) is 4.08. The minimum Gasteiger partial charge on any atom is -0.494 e. The second-order valence-electron chi connectivity index (χ2n) is 9.38. The van der Waals surface area contributed by atoms with Crippen molar-refractivity contribution in [1.29, 1.82) is 0 Å². The molecule has 0 fully saturated rings. The molecule has 0 bridgehead atoms. The van der Waals surface area contributed by atoms with Crippen LogP contribution in [0.25, 0.3) is 0 Å². The average Bonchev–Trinajstić information content (AvgIpc) is 2.72. The van der Waals surface area contributed by atoms with Gasteiger partial charge in [-0.2, -0.15) is 0 Å². The SMILES string of the molecule is CCOc1ccc(Nc2cc(C(CC)CC(=O)O)cc(F)c2N(CC(C)C)CC(C)C)cc1. The van der Waals surface area contributed by atoms with Crippen molar-refractivity contribution in [3.8, 4) is 5.75 Å². The molecule has 0 aliphatic rings. The topological polar surface area (TPSA) is 61.8 Å². The predicted molar refractivity (Wildman–Crippen MR) is 134 cm³/mol. The maximum atomic E-state index is 15.7. The lowest BCUT2D eigenvalue weighted by atomic mass is 9.92. The van der Waals surface area contributed by atoms with Gasteiger partial charge in [-0.15, -0.1) is 0 Å². The number of halogens is 1. The molecule has 6 heteroatoms. The zero-order chi connectivity index (χ0) is 24.5. The number of nitrogens with one attached hydrogen (secondary N) is 1. The number of nitrogens with zero attached hydrogens (tertiary/aromatic N) is 1. The molecule has 0 saturated carbocycles. The smallest absolute Gasteiger partial charge is 0.303 e. The maximum absolute atomic E-state index is 15.7. The van der Waals surface area contributed by atoms with Gasteiger partial charge >= 0.3 is 5.97 Å². The van der Waals surface area contributed by atoms with Crippen molar-refractivity contribution in [2.24, 2.45) is 11.8 Å². The normalized spacial score (nSPS) is 12.2. The summed E-state index contributed by atoms with van der Waals surface area (Å²) < 4.78 is 21.2. The van der Waals surface area contributed by atoms with E-state index in [0.717, 1.165) is 24.5 Å². The van der Waals surface area contributed by atoms with E-state index < -0.39 is 5.97 Å². The molecule has 0 spiro atoms. The van der Waals surface area contributed by atoms with Crippen molar-refractivity contribution in [3.63, 3.8) is 0 Å². The molecular weight excluding hydrogens is 419 g/mol. The minimum atomic E-state index is -0.881. The van der Waals surface area contributed by atoms with Gasteiger partial charge in [0.25, 0.3) is 0 Å². The first-order valence-corrected chi connectivity index (χ1v) is 11.9. The van der Waals surface area contributed by atoms with Crippen LogP contribution >= 0.6 is 0 Å². The molecule has 0 saturated heterocycles. The number of hydrogen-bond acceptors (Lipinski definition) is 4. The Morgan fingerprint density at radius 2 is 1.67 bits per heavy atom. The third kappa shape index (κ3) is 7.95. The molecule has 1 atom stereocenters. The van der Waals surface area contributed by atoms with Gasteiger partial charge in [-0.3, -0.25) is 4.79 Å². The molecule has 2 N–H and O–H groups in total. The van der Waals surface area contributed by atoms with Crippen molar-refractivity contribution in [3.05, 3.63) is 47.8 Å². The Labute approximate surface area is 198 Å². The lowest BCUT2D eigenvalue weighted by Gasteiger charge is -2.31. The molecule has 182 valence electrons. The van der Waals surface area contributed by atoms with Crippen molar-refractivity contribution in [1.82, 2.24) is 0 Å². The summed E-state index contributed by atoms with van der Waals surface area (Å²) in [7, 11) is 0. The number of aliphatic carboxylic acids is 1. The molecule has 2 aromatic rings. The highest BCUT2D eigenvalue weighted by atomic mass is 19.1. The van der Waals surface area contributed by atoms with Gasteiger partial charge in [0.2, 0.25) is 0 Å². The standard InChI is InChI=1S/C27H39FN2O3/c1-7-20(15-26(31)32)21-13-24(28)27(30(16-18(3)4)17-19(5)6)25(14-21)29-22-9-11-23(12-10-22)33-8-2/h9-14,18-20,29H,7-8,15-17H2,1-6H3,(H,31,32). The van der Waals surface area contributed by atoms with Gasteiger partial charge < -0.3 is 20.1 Å². The average molecular weight is 459 g/mol. The van der Waals surface area contributed by atoms with E-state index in [-0.39, 0.29) is 18.2 Å². The van der Waals surface area contributed by atoms with Crippen LogP contribution < -0.4 is 15.0 Å². The quantitative estimate of drug-likeness (QED) is 0.337. The van der Waals surface area contributed by atoms with Gasteiger partial charge in [0.05, 0.1) is 24.4 Å². The molecule has 2 rings (SSSR count). The van der Waals surface area contributed by atoms with Crippen molar-refractivity contribution in [2.45, 2.75) is 60.3 Å². The summed E-state index contributed by atoms with van der Waals surface area (Å²) in [5.74, 6) is 0.0281. The minimum absolute atomic E-state index is 0.0283. The molecule has 2 aromatic carbocycles. The van der Waals surface area contributed by atoms with E-state index in [2.05, 4.69) is 37.9 Å². The summed E-state index contributed by atoms with van der Waals surface area (Å²) in [6.45, 7) is 14.4. The Hall–Kier alpha value is -2.76. The van der Waals surface area contributed by atoms with E-state index in [1.807, 2.05) is 44.2 Å². The van der Waals surface area contributed by atoms with Crippen molar-refractivity contribution >= 4 is 23.0 Å². The Balaban J connectivity index is 2.56. The summed E-state index contributed by atoms with van der Waals surface area (Å²) >= 11 is 0. The van der Waals surface area contributed by atoms with Crippen LogP contribution in [0, 0.1) is 17.7 Å². The molecule has 0 radical (unpaired) electrons. The number of hydrogen-bond donors (Lipinski definition) is 2. The van der Waals surface area contributed by atoms with Crippen LogP contribution in [0.2, 0.25) is 0 Å². The lowest BCUT2D eigenvalue weighted by molar-refractivity contribution is -0.137. The number of ether oxygens (including phenoxy) is 1. The van der Waals surface area contributed by atoms with Crippen LogP contribution in [0.3, 0.4) is 0 Å². The summed E-state index contributed by atoms with van der Waals surface area (Å²) in [5.41, 5.74) is 2.69. The largest absolute Gasteiger partial charge is 0.494 e. The zero-order valence-electron chi connectivity index (χ0n) is 20.8.